The second kappa shape index (κ2) is 15.3. The Labute approximate surface area is 197 Å². The first-order valence-electron chi connectivity index (χ1n) is 11.6. The second-order valence-corrected chi connectivity index (χ2v) is 8.16. The van der Waals surface area contributed by atoms with Gasteiger partial charge in [0.15, 0.2) is 11.5 Å². The lowest BCUT2D eigenvalue weighted by atomic mass is 10.1. The van der Waals surface area contributed by atoms with Crippen LogP contribution in [0.25, 0.3) is 0 Å². The van der Waals surface area contributed by atoms with Crippen molar-refractivity contribution in [2.75, 3.05) is 6.61 Å². The SMILES string of the molecule is CCCCCCCCCC(=O)NN=Cc1ccc(OCc2ccc(Cl)cc2)c(OCC)c1. The number of hydrogen-bond donors (Lipinski definition) is 1. The van der Waals surface area contributed by atoms with Crippen LogP contribution in [0.3, 0.4) is 0 Å². The van der Waals surface area contributed by atoms with Crippen LogP contribution in [0, 0.1) is 0 Å². The van der Waals surface area contributed by atoms with Crippen LogP contribution in [0.15, 0.2) is 47.6 Å². The Balaban J connectivity index is 1.79. The minimum atomic E-state index is -0.0530. The van der Waals surface area contributed by atoms with Gasteiger partial charge < -0.3 is 9.47 Å². The van der Waals surface area contributed by atoms with Gasteiger partial charge in [0.25, 0.3) is 0 Å². The van der Waals surface area contributed by atoms with E-state index in [0.29, 0.717) is 36.2 Å². The molecule has 0 atom stereocenters. The molecule has 0 aliphatic carbocycles. The van der Waals surface area contributed by atoms with E-state index in [1.165, 1.54) is 32.1 Å². The van der Waals surface area contributed by atoms with Crippen molar-refractivity contribution in [3.05, 3.63) is 58.6 Å². The van der Waals surface area contributed by atoms with Gasteiger partial charge in [-0.3, -0.25) is 4.79 Å². The summed E-state index contributed by atoms with van der Waals surface area (Å²) in [5, 5.41) is 4.78. The number of nitrogens with zero attached hydrogens (tertiary/aromatic N) is 1. The Morgan fingerprint density at radius 1 is 0.938 bits per heavy atom. The van der Waals surface area contributed by atoms with Gasteiger partial charge in [0.05, 0.1) is 12.8 Å². The molecule has 1 amide bonds. The topological polar surface area (TPSA) is 59.9 Å². The summed E-state index contributed by atoms with van der Waals surface area (Å²) in [5.74, 6) is 1.24. The minimum absolute atomic E-state index is 0.0530. The molecule has 2 aromatic rings. The van der Waals surface area contributed by atoms with Crippen LogP contribution in [0.4, 0.5) is 0 Å². The summed E-state index contributed by atoms with van der Waals surface area (Å²) in [6, 6.07) is 13.1. The van der Waals surface area contributed by atoms with Crippen molar-refractivity contribution in [1.29, 1.82) is 0 Å². The summed E-state index contributed by atoms with van der Waals surface area (Å²) < 4.78 is 11.6. The molecular formula is C26H35ClN2O3. The maximum atomic E-state index is 12.0. The molecule has 1 N–H and O–H groups in total. The highest BCUT2D eigenvalue weighted by molar-refractivity contribution is 6.30. The van der Waals surface area contributed by atoms with Gasteiger partial charge in [-0.05, 0) is 54.8 Å². The van der Waals surface area contributed by atoms with Gasteiger partial charge in [0.1, 0.15) is 6.61 Å². The number of unbranched alkanes of at least 4 members (excludes halogenated alkanes) is 6. The summed E-state index contributed by atoms with van der Waals surface area (Å²) in [7, 11) is 0. The smallest absolute Gasteiger partial charge is 0.240 e. The molecule has 0 aliphatic rings. The lowest BCUT2D eigenvalue weighted by molar-refractivity contribution is -0.121. The van der Waals surface area contributed by atoms with E-state index < -0.39 is 0 Å². The molecular weight excluding hydrogens is 424 g/mol. The van der Waals surface area contributed by atoms with E-state index in [1.54, 1.807) is 6.21 Å². The summed E-state index contributed by atoms with van der Waals surface area (Å²) in [6.45, 7) is 5.08. The summed E-state index contributed by atoms with van der Waals surface area (Å²) in [6.07, 6.45) is 10.4. The van der Waals surface area contributed by atoms with Crippen LogP contribution in [-0.4, -0.2) is 18.7 Å². The summed E-state index contributed by atoms with van der Waals surface area (Å²) in [4.78, 5) is 12.0. The third-order valence-electron chi connectivity index (χ3n) is 4.99. The highest BCUT2D eigenvalue weighted by Crippen LogP contribution is 2.29. The number of carbonyl (C=O) groups excluding carboxylic acids is 1. The van der Waals surface area contributed by atoms with Gasteiger partial charge in [-0.1, -0.05) is 69.2 Å². The van der Waals surface area contributed by atoms with Gasteiger partial charge >= 0.3 is 0 Å². The Bertz CT molecular complexity index is 837. The number of halogens is 1. The second-order valence-electron chi connectivity index (χ2n) is 7.72. The number of carbonyl (C=O) groups is 1. The van der Waals surface area contributed by atoms with Crippen LogP contribution < -0.4 is 14.9 Å². The van der Waals surface area contributed by atoms with Crippen LogP contribution in [0.2, 0.25) is 5.02 Å². The van der Waals surface area contributed by atoms with Gasteiger partial charge in [-0.15, -0.1) is 0 Å². The van der Waals surface area contributed by atoms with Gasteiger partial charge in [0, 0.05) is 11.4 Å². The van der Waals surface area contributed by atoms with E-state index in [9.17, 15) is 4.79 Å². The van der Waals surface area contributed by atoms with Crippen molar-refractivity contribution < 1.29 is 14.3 Å². The molecule has 0 fully saturated rings. The van der Waals surface area contributed by atoms with Crippen molar-refractivity contribution in [3.8, 4) is 11.5 Å². The van der Waals surface area contributed by atoms with E-state index in [2.05, 4.69) is 17.5 Å². The number of nitrogens with one attached hydrogen (secondary N) is 1. The first-order chi connectivity index (χ1) is 15.6. The molecule has 0 radical (unpaired) electrons. The molecule has 2 rings (SSSR count). The predicted molar refractivity (Wildman–Crippen MR) is 132 cm³/mol. The zero-order valence-electron chi connectivity index (χ0n) is 19.2. The van der Waals surface area contributed by atoms with Crippen molar-refractivity contribution in [2.24, 2.45) is 5.10 Å². The monoisotopic (exact) mass is 458 g/mol. The molecule has 32 heavy (non-hydrogen) atoms. The van der Waals surface area contributed by atoms with Crippen LogP contribution >= 0.6 is 11.6 Å². The maximum Gasteiger partial charge on any atom is 0.240 e. The molecule has 174 valence electrons. The number of rotatable bonds is 15. The summed E-state index contributed by atoms with van der Waals surface area (Å²) in [5.41, 5.74) is 4.45. The zero-order chi connectivity index (χ0) is 23.0. The number of benzene rings is 2. The first-order valence-corrected chi connectivity index (χ1v) is 12.0. The van der Waals surface area contributed by atoms with E-state index in [4.69, 9.17) is 21.1 Å². The Morgan fingerprint density at radius 2 is 1.66 bits per heavy atom. The van der Waals surface area contributed by atoms with Crippen molar-refractivity contribution in [2.45, 2.75) is 71.8 Å². The van der Waals surface area contributed by atoms with E-state index in [1.807, 2.05) is 49.4 Å². The molecule has 2 aromatic carbocycles. The average Bonchev–Trinajstić information content (AvgIpc) is 2.79. The number of hydrogen-bond acceptors (Lipinski definition) is 4. The van der Waals surface area contributed by atoms with E-state index in [0.717, 1.165) is 24.0 Å². The number of ether oxygens (including phenoxy) is 2. The third kappa shape index (κ3) is 10.2. The van der Waals surface area contributed by atoms with Crippen LogP contribution in [-0.2, 0) is 11.4 Å². The van der Waals surface area contributed by atoms with Crippen molar-refractivity contribution in [3.63, 3.8) is 0 Å². The molecule has 0 spiro atoms. The fourth-order valence-electron chi connectivity index (χ4n) is 3.21. The molecule has 0 aliphatic heterocycles. The first kappa shape index (κ1) is 25.7. The zero-order valence-corrected chi connectivity index (χ0v) is 20.0. The third-order valence-corrected chi connectivity index (χ3v) is 5.24. The molecule has 0 saturated carbocycles. The highest BCUT2D eigenvalue weighted by Gasteiger charge is 2.07. The van der Waals surface area contributed by atoms with E-state index >= 15 is 0 Å². The predicted octanol–water partition coefficient (Wildman–Crippen LogP) is 6.91. The lowest BCUT2D eigenvalue weighted by Gasteiger charge is -2.12. The lowest BCUT2D eigenvalue weighted by Crippen LogP contribution is -2.16. The van der Waals surface area contributed by atoms with Gasteiger partial charge in [-0.25, -0.2) is 5.43 Å². The van der Waals surface area contributed by atoms with Crippen molar-refractivity contribution in [1.82, 2.24) is 5.43 Å². The normalized spacial score (nSPS) is 11.0. The quantitative estimate of drug-likeness (QED) is 0.179. The molecule has 0 unspecified atom stereocenters. The maximum absolute atomic E-state index is 12.0. The minimum Gasteiger partial charge on any atom is -0.490 e. The fourth-order valence-corrected chi connectivity index (χ4v) is 3.34. The number of amides is 1. The molecule has 0 saturated heterocycles. The molecule has 5 nitrogen and oxygen atoms in total. The fraction of sp³-hybridized carbons (Fsp3) is 0.462. The molecule has 6 heteroatoms. The Kier molecular flexibility index (Phi) is 12.3. The standard InChI is InChI=1S/C26H35ClN2O3/c1-3-5-6-7-8-9-10-11-26(30)29-28-19-22-14-17-24(25(18-22)31-4-2)32-20-21-12-15-23(27)16-13-21/h12-19H,3-11,20H2,1-2H3,(H,29,30). The van der Waals surface area contributed by atoms with Crippen LogP contribution in [0.1, 0.15) is 76.3 Å². The Morgan fingerprint density at radius 3 is 2.38 bits per heavy atom. The highest BCUT2D eigenvalue weighted by atomic mass is 35.5. The van der Waals surface area contributed by atoms with Gasteiger partial charge in [-0.2, -0.15) is 5.10 Å². The van der Waals surface area contributed by atoms with Crippen molar-refractivity contribution >= 4 is 23.7 Å². The van der Waals surface area contributed by atoms with Gasteiger partial charge in [0.2, 0.25) is 5.91 Å². The molecule has 0 heterocycles. The Hall–Kier alpha value is -2.53. The largest absolute Gasteiger partial charge is 0.490 e. The van der Waals surface area contributed by atoms with E-state index in [-0.39, 0.29) is 5.91 Å². The molecule has 0 aromatic heterocycles. The van der Waals surface area contributed by atoms with Crippen LogP contribution in [0.5, 0.6) is 11.5 Å². The average molecular weight is 459 g/mol. The number of hydrazone groups is 1. The summed E-state index contributed by atoms with van der Waals surface area (Å²) >= 11 is 5.93. The molecule has 0 bridgehead atoms.